The zero-order valence-electron chi connectivity index (χ0n) is 21.1. The fourth-order valence-electron chi connectivity index (χ4n) is 4.72. The van der Waals surface area contributed by atoms with Crippen LogP contribution in [-0.4, -0.2) is 36.6 Å². The Morgan fingerprint density at radius 2 is 1.74 bits per heavy atom. The number of nitrogens with one attached hydrogen (secondary N) is 2. The van der Waals surface area contributed by atoms with Gasteiger partial charge in [-0.25, -0.2) is 14.8 Å². The highest BCUT2D eigenvalue weighted by atomic mass is 16.5. The van der Waals surface area contributed by atoms with Crippen molar-refractivity contribution in [1.82, 2.24) is 29.5 Å². The number of rotatable bonds is 6. The van der Waals surface area contributed by atoms with E-state index in [1.54, 1.807) is 35.3 Å². The number of hydrogen-bond acceptors (Lipinski definition) is 8. The number of methoxy groups -OCH3 is 1. The number of pyridine rings is 2. The molecule has 39 heavy (non-hydrogen) atoms. The summed E-state index contributed by atoms with van der Waals surface area (Å²) < 4.78 is 6.77. The summed E-state index contributed by atoms with van der Waals surface area (Å²) in [6.45, 7) is 1.92. The zero-order valence-corrected chi connectivity index (χ0v) is 21.1. The Morgan fingerprint density at radius 1 is 0.949 bits per heavy atom. The van der Waals surface area contributed by atoms with Gasteiger partial charge in [0.1, 0.15) is 5.52 Å². The monoisotopic (exact) mass is 517 g/mol. The van der Waals surface area contributed by atoms with Gasteiger partial charge in [0.15, 0.2) is 5.82 Å². The second-order valence-corrected chi connectivity index (χ2v) is 8.93. The Bertz CT molecular complexity index is 1930. The van der Waals surface area contributed by atoms with Crippen LogP contribution in [0.1, 0.15) is 18.7 Å². The van der Waals surface area contributed by atoms with Gasteiger partial charge in [0.25, 0.3) is 5.56 Å². The highest BCUT2D eigenvalue weighted by molar-refractivity contribution is 5.96. The van der Waals surface area contributed by atoms with Crippen molar-refractivity contribution in [1.29, 1.82) is 0 Å². The van der Waals surface area contributed by atoms with Crippen LogP contribution in [0, 0.1) is 0 Å². The summed E-state index contributed by atoms with van der Waals surface area (Å²) in [5.41, 5.74) is 3.21. The van der Waals surface area contributed by atoms with E-state index in [1.807, 2.05) is 61.5 Å². The maximum absolute atomic E-state index is 14.3. The summed E-state index contributed by atoms with van der Waals surface area (Å²) in [6, 6.07) is 20.4. The molecule has 0 fully saturated rings. The molecule has 0 amide bonds. The van der Waals surface area contributed by atoms with Gasteiger partial charge >= 0.3 is 11.7 Å². The van der Waals surface area contributed by atoms with Crippen LogP contribution in [0.25, 0.3) is 38.6 Å². The third-order valence-electron chi connectivity index (χ3n) is 6.50. The van der Waals surface area contributed by atoms with Crippen LogP contribution in [0.4, 0.5) is 5.82 Å². The first-order valence-corrected chi connectivity index (χ1v) is 12.3. The predicted molar refractivity (Wildman–Crippen MR) is 149 cm³/mol. The number of aromatic nitrogens is 6. The maximum Gasteiger partial charge on any atom is 0.347 e. The number of anilines is 1. The molecule has 0 aliphatic carbocycles. The molecule has 1 atom stereocenters. The van der Waals surface area contributed by atoms with Crippen LogP contribution in [0.3, 0.4) is 0 Å². The van der Waals surface area contributed by atoms with E-state index >= 15 is 0 Å². The molecule has 6 aromatic rings. The summed E-state index contributed by atoms with van der Waals surface area (Å²) in [5.74, 6) is 0.332. The molecule has 2 aromatic carbocycles. The Balaban J connectivity index is 1.56. The topological polar surface area (TPSA) is 128 Å². The number of aromatic amines is 1. The lowest BCUT2D eigenvalue weighted by Crippen LogP contribution is -2.26. The summed E-state index contributed by atoms with van der Waals surface area (Å²) in [4.78, 5) is 46.2. The molecule has 0 saturated heterocycles. The third kappa shape index (κ3) is 4.37. The van der Waals surface area contributed by atoms with E-state index in [2.05, 4.69) is 30.2 Å². The van der Waals surface area contributed by atoms with E-state index in [1.165, 1.54) is 7.11 Å². The summed E-state index contributed by atoms with van der Waals surface area (Å²) >= 11 is 0. The van der Waals surface area contributed by atoms with Crippen molar-refractivity contribution in [2.75, 3.05) is 12.4 Å². The third-order valence-corrected chi connectivity index (χ3v) is 6.50. The van der Waals surface area contributed by atoms with Crippen molar-refractivity contribution in [3.05, 3.63) is 112 Å². The molecule has 1 unspecified atom stereocenters. The number of nitrogens with zero attached hydrogens (tertiary/aromatic N) is 5. The maximum atomic E-state index is 14.3. The Morgan fingerprint density at radius 3 is 2.51 bits per heavy atom. The van der Waals surface area contributed by atoms with Gasteiger partial charge in [-0.2, -0.15) is 4.98 Å². The zero-order chi connectivity index (χ0) is 26.9. The molecule has 0 bridgehead atoms. The highest BCUT2D eigenvalue weighted by Crippen LogP contribution is 2.30. The van der Waals surface area contributed by atoms with Crippen molar-refractivity contribution >= 4 is 27.6 Å². The van der Waals surface area contributed by atoms with Crippen LogP contribution in [0.5, 0.6) is 6.01 Å². The van der Waals surface area contributed by atoms with E-state index in [0.29, 0.717) is 44.7 Å². The largest absolute Gasteiger partial charge is 0.467 e. The summed E-state index contributed by atoms with van der Waals surface area (Å²) in [5, 5.41) is 4.61. The van der Waals surface area contributed by atoms with Gasteiger partial charge in [-0.15, -0.1) is 0 Å². The smallest absolute Gasteiger partial charge is 0.347 e. The average molecular weight is 518 g/mol. The SMILES string of the molecule is COc1ncc(-c2cccc3cc(C(C)Nc4nc(=O)[nH]c5cccnc45)n(-c4ccccc4)c(=O)c23)cn1. The van der Waals surface area contributed by atoms with Gasteiger partial charge < -0.3 is 15.0 Å². The molecular weight excluding hydrogens is 494 g/mol. The number of para-hydroxylation sites is 1. The predicted octanol–water partition coefficient (Wildman–Crippen LogP) is 4.26. The van der Waals surface area contributed by atoms with Crippen LogP contribution >= 0.6 is 0 Å². The molecule has 6 rings (SSSR count). The first kappa shape index (κ1) is 24.0. The average Bonchev–Trinajstić information content (AvgIpc) is 2.97. The molecule has 4 heterocycles. The molecule has 0 aliphatic rings. The first-order chi connectivity index (χ1) is 19.0. The normalized spacial score (nSPS) is 11.9. The molecule has 0 saturated carbocycles. The molecule has 192 valence electrons. The second-order valence-electron chi connectivity index (χ2n) is 8.93. The minimum absolute atomic E-state index is 0.199. The highest BCUT2D eigenvalue weighted by Gasteiger charge is 2.20. The Labute approximate surface area is 222 Å². The first-order valence-electron chi connectivity index (χ1n) is 12.3. The second kappa shape index (κ2) is 9.82. The van der Waals surface area contributed by atoms with Gasteiger partial charge in [-0.05, 0) is 48.2 Å². The Kier molecular flexibility index (Phi) is 6.04. The van der Waals surface area contributed by atoms with E-state index in [0.717, 1.165) is 5.39 Å². The van der Waals surface area contributed by atoms with Crippen molar-refractivity contribution in [2.45, 2.75) is 13.0 Å². The van der Waals surface area contributed by atoms with E-state index in [4.69, 9.17) is 4.74 Å². The van der Waals surface area contributed by atoms with Crippen molar-refractivity contribution < 1.29 is 4.74 Å². The lowest BCUT2D eigenvalue weighted by Gasteiger charge is -2.22. The molecule has 10 nitrogen and oxygen atoms in total. The standard InChI is InChI=1S/C29H23N7O3/c1-17(33-26-25-22(12-7-13-30-25)34-28(38)35-26)23-14-18-8-6-11-21(19-15-31-29(39-2)32-16-19)24(18)27(37)36(23)20-9-4-3-5-10-20/h3-17H,1-2H3,(H2,33,34,35,38). The summed E-state index contributed by atoms with van der Waals surface area (Å²) in [7, 11) is 1.50. The molecule has 0 aliphatic heterocycles. The van der Waals surface area contributed by atoms with E-state index in [9.17, 15) is 9.59 Å². The van der Waals surface area contributed by atoms with Crippen LogP contribution < -0.4 is 21.3 Å². The summed E-state index contributed by atoms with van der Waals surface area (Å²) in [6.07, 6.45) is 4.92. The van der Waals surface area contributed by atoms with Gasteiger partial charge in [0.2, 0.25) is 0 Å². The number of ether oxygens (including phenoxy) is 1. The minimum Gasteiger partial charge on any atom is -0.467 e. The lowest BCUT2D eigenvalue weighted by molar-refractivity contribution is 0.380. The van der Waals surface area contributed by atoms with Crippen LogP contribution in [-0.2, 0) is 0 Å². The molecule has 0 spiro atoms. The van der Waals surface area contributed by atoms with Crippen LogP contribution in [0.15, 0.2) is 94.9 Å². The van der Waals surface area contributed by atoms with Gasteiger partial charge in [-0.1, -0.05) is 36.4 Å². The molecule has 2 N–H and O–H groups in total. The van der Waals surface area contributed by atoms with E-state index < -0.39 is 11.7 Å². The fraction of sp³-hybridized carbons (Fsp3) is 0.103. The molecule has 4 aromatic heterocycles. The number of fused-ring (bicyclic) bond motifs is 2. The fourth-order valence-corrected chi connectivity index (χ4v) is 4.72. The molecule has 10 heteroatoms. The van der Waals surface area contributed by atoms with Gasteiger partial charge in [-0.3, -0.25) is 14.3 Å². The van der Waals surface area contributed by atoms with Crippen molar-refractivity contribution in [3.8, 4) is 22.8 Å². The molecular formula is C29H23N7O3. The Hall–Kier alpha value is -5.38. The minimum atomic E-state index is -0.490. The van der Waals surface area contributed by atoms with Crippen LogP contribution in [0.2, 0.25) is 0 Å². The number of benzene rings is 2. The number of hydrogen-bond donors (Lipinski definition) is 2. The number of H-pyrrole nitrogens is 1. The van der Waals surface area contributed by atoms with Crippen molar-refractivity contribution in [2.24, 2.45) is 0 Å². The van der Waals surface area contributed by atoms with E-state index in [-0.39, 0.29) is 11.6 Å². The lowest BCUT2D eigenvalue weighted by atomic mass is 9.99. The molecule has 0 radical (unpaired) electrons. The van der Waals surface area contributed by atoms with Crippen molar-refractivity contribution in [3.63, 3.8) is 0 Å². The van der Waals surface area contributed by atoms with Gasteiger partial charge in [0, 0.05) is 35.5 Å². The quantitative estimate of drug-likeness (QED) is 0.335. The van der Waals surface area contributed by atoms with Gasteiger partial charge in [0.05, 0.1) is 24.1 Å².